The predicted octanol–water partition coefficient (Wildman–Crippen LogP) is 1.18. The number of carbonyl (C=O) groups is 3. The second-order valence-corrected chi connectivity index (χ2v) is 4.13. The van der Waals surface area contributed by atoms with Crippen LogP contribution < -0.4 is 4.90 Å². The molecule has 2 rings (SSSR count). The number of aromatic carboxylic acids is 1. The van der Waals surface area contributed by atoms with E-state index in [0.29, 0.717) is 5.69 Å². The summed E-state index contributed by atoms with van der Waals surface area (Å²) in [7, 11) is 0. The molecule has 0 atom stereocenters. The third-order valence-electron chi connectivity index (χ3n) is 2.87. The standard InChI is InChI=1S/C14H12N2O4/c1-2-3-7-15-12(17)9-16(14(15)20)11-6-4-5-10(8-11)13(18)19/h4-6,8H,7,9H2,1H3,(H,18,19). The Bertz CT molecular complexity index is 642. The molecule has 0 aromatic heterocycles. The first-order valence-corrected chi connectivity index (χ1v) is 5.89. The van der Waals surface area contributed by atoms with Gasteiger partial charge >= 0.3 is 12.0 Å². The third-order valence-corrected chi connectivity index (χ3v) is 2.87. The molecule has 102 valence electrons. The number of benzene rings is 1. The first-order chi connectivity index (χ1) is 9.54. The Morgan fingerprint density at radius 1 is 1.40 bits per heavy atom. The second kappa shape index (κ2) is 5.45. The van der Waals surface area contributed by atoms with Gasteiger partial charge in [-0.05, 0) is 25.1 Å². The Labute approximate surface area is 115 Å². The van der Waals surface area contributed by atoms with Crippen LogP contribution in [0.25, 0.3) is 0 Å². The number of urea groups is 1. The molecule has 0 bridgehead atoms. The Balaban J connectivity index is 2.27. The highest BCUT2D eigenvalue weighted by molar-refractivity contribution is 6.12. The SMILES string of the molecule is CC#CCN1C(=O)CN(c2cccc(C(=O)O)c2)C1=O. The van der Waals surface area contributed by atoms with Crippen LogP contribution >= 0.6 is 0 Å². The zero-order chi connectivity index (χ0) is 14.7. The summed E-state index contributed by atoms with van der Waals surface area (Å²) in [6.07, 6.45) is 0. The van der Waals surface area contributed by atoms with E-state index < -0.39 is 12.0 Å². The summed E-state index contributed by atoms with van der Waals surface area (Å²) in [5.41, 5.74) is 0.449. The number of imide groups is 1. The van der Waals surface area contributed by atoms with Crippen LogP contribution in [0.3, 0.4) is 0 Å². The lowest BCUT2D eigenvalue weighted by atomic mass is 10.2. The van der Waals surface area contributed by atoms with Crippen LogP contribution in [0.15, 0.2) is 24.3 Å². The molecule has 1 fully saturated rings. The minimum absolute atomic E-state index is 0.0449. The smallest absolute Gasteiger partial charge is 0.335 e. The normalized spacial score (nSPS) is 14.2. The number of carboxylic acids is 1. The van der Waals surface area contributed by atoms with E-state index in [1.807, 2.05) is 0 Å². The molecule has 1 saturated heterocycles. The molecule has 20 heavy (non-hydrogen) atoms. The molecule has 6 heteroatoms. The molecule has 0 spiro atoms. The number of carboxylic acid groups (broad SMARTS) is 1. The third kappa shape index (κ3) is 2.47. The molecule has 1 aromatic carbocycles. The highest BCUT2D eigenvalue weighted by Crippen LogP contribution is 2.22. The van der Waals surface area contributed by atoms with Crippen molar-refractivity contribution in [1.82, 2.24) is 4.90 Å². The van der Waals surface area contributed by atoms with Crippen molar-refractivity contribution in [3.63, 3.8) is 0 Å². The van der Waals surface area contributed by atoms with Gasteiger partial charge in [0.15, 0.2) is 0 Å². The number of rotatable bonds is 3. The van der Waals surface area contributed by atoms with Crippen molar-refractivity contribution in [2.24, 2.45) is 0 Å². The van der Waals surface area contributed by atoms with Crippen molar-refractivity contribution >= 4 is 23.6 Å². The van der Waals surface area contributed by atoms with Crippen LogP contribution in [0.2, 0.25) is 0 Å². The van der Waals surface area contributed by atoms with Gasteiger partial charge in [-0.3, -0.25) is 14.6 Å². The van der Waals surface area contributed by atoms with E-state index in [1.54, 1.807) is 13.0 Å². The molecule has 0 aliphatic carbocycles. The topological polar surface area (TPSA) is 77.9 Å². The molecule has 1 N–H and O–H groups in total. The highest BCUT2D eigenvalue weighted by atomic mass is 16.4. The monoisotopic (exact) mass is 272 g/mol. The van der Waals surface area contributed by atoms with Gasteiger partial charge in [-0.15, -0.1) is 5.92 Å². The van der Waals surface area contributed by atoms with Gasteiger partial charge in [0.25, 0.3) is 5.91 Å². The second-order valence-electron chi connectivity index (χ2n) is 4.13. The van der Waals surface area contributed by atoms with E-state index in [-0.39, 0.29) is 24.6 Å². The first kappa shape index (κ1) is 13.6. The Morgan fingerprint density at radius 3 is 2.80 bits per heavy atom. The van der Waals surface area contributed by atoms with E-state index in [4.69, 9.17) is 5.11 Å². The molecule has 1 aliphatic heterocycles. The summed E-state index contributed by atoms with van der Waals surface area (Å²) >= 11 is 0. The largest absolute Gasteiger partial charge is 0.478 e. The van der Waals surface area contributed by atoms with Crippen LogP contribution in [0.1, 0.15) is 17.3 Å². The number of nitrogens with zero attached hydrogens (tertiary/aromatic N) is 2. The number of anilines is 1. The maximum atomic E-state index is 12.1. The average Bonchev–Trinajstić information content (AvgIpc) is 2.72. The van der Waals surface area contributed by atoms with Crippen molar-refractivity contribution in [3.05, 3.63) is 29.8 Å². The van der Waals surface area contributed by atoms with Crippen LogP contribution in [0.5, 0.6) is 0 Å². The molecule has 3 amide bonds. The van der Waals surface area contributed by atoms with E-state index in [0.717, 1.165) is 4.90 Å². The molecule has 1 heterocycles. The summed E-state index contributed by atoms with van der Waals surface area (Å²) in [5.74, 6) is 3.85. The molecule has 0 radical (unpaired) electrons. The fourth-order valence-corrected chi connectivity index (χ4v) is 1.86. The van der Waals surface area contributed by atoms with Gasteiger partial charge in [0, 0.05) is 5.69 Å². The van der Waals surface area contributed by atoms with Gasteiger partial charge in [0.05, 0.1) is 12.1 Å². The lowest BCUT2D eigenvalue weighted by molar-refractivity contribution is -0.124. The fraction of sp³-hybridized carbons (Fsp3) is 0.214. The van der Waals surface area contributed by atoms with Crippen LogP contribution in [0.4, 0.5) is 10.5 Å². The Morgan fingerprint density at radius 2 is 2.15 bits per heavy atom. The van der Waals surface area contributed by atoms with E-state index in [1.165, 1.54) is 23.1 Å². The quantitative estimate of drug-likeness (QED) is 0.662. The zero-order valence-corrected chi connectivity index (χ0v) is 10.8. The van der Waals surface area contributed by atoms with Crippen LogP contribution in [-0.2, 0) is 4.79 Å². The lowest BCUT2D eigenvalue weighted by Gasteiger charge is -2.16. The van der Waals surface area contributed by atoms with E-state index in [2.05, 4.69) is 11.8 Å². The summed E-state index contributed by atoms with van der Waals surface area (Å²) in [4.78, 5) is 37.1. The van der Waals surface area contributed by atoms with Crippen molar-refractivity contribution in [3.8, 4) is 11.8 Å². The van der Waals surface area contributed by atoms with Crippen LogP contribution in [0, 0.1) is 11.8 Å². The maximum Gasteiger partial charge on any atom is 0.335 e. The predicted molar refractivity (Wildman–Crippen MR) is 71.3 cm³/mol. The molecule has 6 nitrogen and oxygen atoms in total. The minimum Gasteiger partial charge on any atom is -0.478 e. The molecule has 1 aromatic rings. The summed E-state index contributed by atoms with van der Waals surface area (Å²) < 4.78 is 0. The summed E-state index contributed by atoms with van der Waals surface area (Å²) in [6.45, 7) is 1.57. The number of hydrogen-bond acceptors (Lipinski definition) is 3. The number of carbonyl (C=O) groups excluding carboxylic acids is 2. The van der Waals surface area contributed by atoms with Gasteiger partial charge in [-0.1, -0.05) is 12.0 Å². The number of amides is 3. The van der Waals surface area contributed by atoms with Gasteiger partial charge in [0.2, 0.25) is 0 Å². The van der Waals surface area contributed by atoms with Gasteiger partial charge in [-0.2, -0.15) is 0 Å². The zero-order valence-electron chi connectivity index (χ0n) is 10.8. The van der Waals surface area contributed by atoms with Gasteiger partial charge in [0.1, 0.15) is 6.54 Å². The van der Waals surface area contributed by atoms with E-state index in [9.17, 15) is 14.4 Å². The Kier molecular flexibility index (Phi) is 3.71. The lowest BCUT2D eigenvalue weighted by Crippen LogP contribution is -2.33. The maximum absolute atomic E-state index is 12.1. The summed E-state index contributed by atoms with van der Waals surface area (Å²) in [5, 5.41) is 8.94. The van der Waals surface area contributed by atoms with Crippen molar-refractivity contribution in [2.75, 3.05) is 18.0 Å². The van der Waals surface area contributed by atoms with Crippen molar-refractivity contribution in [2.45, 2.75) is 6.92 Å². The summed E-state index contributed by atoms with van der Waals surface area (Å²) in [6, 6.07) is 5.43. The van der Waals surface area contributed by atoms with Crippen molar-refractivity contribution in [1.29, 1.82) is 0 Å². The molecule has 0 unspecified atom stereocenters. The first-order valence-electron chi connectivity index (χ1n) is 5.89. The average molecular weight is 272 g/mol. The molecular weight excluding hydrogens is 260 g/mol. The molecular formula is C14H12N2O4. The van der Waals surface area contributed by atoms with E-state index >= 15 is 0 Å². The van der Waals surface area contributed by atoms with Gasteiger partial charge < -0.3 is 5.11 Å². The number of hydrogen-bond donors (Lipinski definition) is 1. The highest BCUT2D eigenvalue weighted by Gasteiger charge is 2.36. The molecule has 0 saturated carbocycles. The van der Waals surface area contributed by atoms with Crippen LogP contribution in [-0.4, -0.2) is 41.0 Å². The minimum atomic E-state index is -1.08. The van der Waals surface area contributed by atoms with Gasteiger partial charge in [-0.25, -0.2) is 9.59 Å². The Hall–Kier alpha value is -2.81. The molecule has 1 aliphatic rings. The fourth-order valence-electron chi connectivity index (χ4n) is 1.86. The van der Waals surface area contributed by atoms with Crippen molar-refractivity contribution < 1.29 is 19.5 Å².